The Morgan fingerprint density at radius 2 is 1.95 bits per heavy atom. The summed E-state index contributed by atoms with van der Waals surface area (Å²) in [4.78, 5) is 13.0. The van der Waals surface area contributed by atoms with Crippen molar-refractivity contribution >= 4 is 27.5 Å². The number of alkyl halides is 1. The average molecular weight is 315 g/mol. The summed E-state index contributed by atoms with van der Waals surface area (Å²) in [7, 11) is 1.15. The highest BCUT2D eigenvalue weighted by Crippen LogP contribution is 2.09. The Hall–Kier alpha value is -0.370. The average Bonchev–Trinajstić information content (AvgIpc) is 2.32. The SMILES string of the molecule is COCCN(CC(=O)N(C)C)S(=O)(=O)CC(C)CCl. The van der Waals surface area contributed by atoms with E-state index >= 15 is 0 Å². The van der Waals surface area contributed by atoms with Crippen LogP contribution in [-0.4, -0.2) is 76.1 Å². The molecule has 0 aromatic heterocycles. The molecule has 0 aliphatic carbocycles. The zero-order valence-electron chi connectivity index (χ0n) is 11.9. The number of likely N-dealkylation sites (N-methyl/N-ethyl adjacent to an activating group) is 1. The molecule has 0 saturated carbocycles. The molecular formula is C11H23ClN2O4S. The zero-order chi connectivity index (χ0) is 15.1. The third-order valence-corrected chi connectivity index (χ3v) is 5.12. The second kappa shape index (κ2) is 8.73. The second-order valence-corrected chi connectivity index (χ2v) is 6.97. The quantitative estimate of drug-likeness (QED) is 0.571. The van der Waals surface area contributed by atoms with Gasteiger partial charge in [-0.2, -0.15) is 4.31 Å². The third kappa shape index (κ3) is 7.10. The number of sulfonamides is 1. The van der Waals surface area contributed by atoms with Crippen LogP contribution in [-0.2, 0) is 19.6 Å². The predicted molar refractivity (Wildman–Crippen MR) is 75.8 cm³/mol. The molecule has 114 valence electrons. The highest BCUT2D eigenvalue weighted by atomic mass is 35.5. The van der Waals surface area contributed by atoms with Crippen molar-refractivity contribution in [3.05, 3.63) is 0 Å². The zero-order valence-corrected chi connectivity index (χ0v) is 13.5. The fraction of sp³-hybridized carbons (Fsp3) is 0.909. The maximum Gasteiger partial charge on any atom is 0.237 e. The minimum Gasteiger partial charge on any atom is -0.383 e. The minimum atomic E-state index is -3.51. The molecule has 0 heterocycles. The van der Waals surface area contributed by atoms with Crippen LogP contribution in [0.4, 0.5) is 0 Å². The van der Waals surface area contributed by atoms with Gasteiger partial charge >= 0.3 is 0 Å². The molecule has 0 radical (unpaired) electrons. The third-order valence-electron chi connectivity index (χ3n) is 2.51. The van der Waals surface area contributed by atoms with Crippen LogP contribution in [0.25, 0.3) is 0 Å². The van der Waals surface area contributed by atoms with Gasteiger partial charge in [-0.05, 0) is 5.92 Å². The maximum absolute atomic E-state index is 12.2. The Morgan fingerprint density at radius 3 is 2.37 bits per heavy atom. The number of carbonyl (C=O) groups excluding carboxylic acids is 1. The summed E-state index contributed by atoms with van der Waals surface area (Å²) in [6.45, 7) is 1.99. The van der Waals surface area contributed by atoms with E-state index < -0.39 is 10.0 Å². The van der Waals surface area contributed by atoms with E-state index in [0.717, 1.165) is 4.31 Å². The van der Waals surface area contributed by atoms with Crippen molar-refractivity contribution in [3.8, 4) is 0 Å². The summed E-state index contributed by atoms with van der Waals surface area (Å²) in [5.74, 6) is -0.232. The highest BCUT2D eigenvalue weighted by molar-refractivity contribution is 7.89. The van der Waals surface area contributed by atoms with Gasteiger partial charge in [0.15, 0.2) is 0 Å². The van der Waals surface area contributed by atoms with Gasteiger partial charge in [0, 0.05) is 33.6 Å². The largest absolute Gasteiger partial charge is 0.383 e. The molecule has 1 unspecified atom stereocenters. The van der Waals surface area contributed by atoms with E-state index in [2.05, 4.69) is 0 Å². The first kappa shape index (κ1) is 18.6. The number of hydrogen-bond acceptors (Lipinski definition) is 4. The van der Waals surface area contributed by atoms with E-state index in [-0.39, 0.29) is 43.2 Å². The summed E-state index contributed by atoms with van der Waals surface area (Å²) in [5, 5.41) is 0. The maximum atomic E-state index is 12.2. The topological polar surface area (TPSA) is 66.9 Å². The Bertz CT molecular complexity index is 373. The number of ether oxygens (including phenoxy) is 1. The molecule has 0 fully saturated rings. The van der Waals surface area contributed by atoms with Gasteiger partial charge in [-0.15, -0.1) is 11.6 Å². The van der Waals surface area contributed by atoms with E-state index in [4.69, 9.17) is 16.3 Å². The van der Waals surface area contributed by atoms with Gasteiger partial charge in [-0.25, -0.2) is 8.42 Å². The predicted octanol–water partition coefficient (Wildman–Crippen LogP) is 0.228. The summed E-state index contributed by atoms with van der Waals surface area (Å²) >= 11 is 5.64. The summed E-state index contributed by atoms with van der Waals surface area (Å²) in [6.07, 6.45) is 0. The summed E-state index contributed by atoms with van der Waals surface area (Å²) in [6, 6.07) is 0. The van der Waals surface area contributed by atoms with Crippen LogP contribution in [0.2, 0.25) is 0 Å². The van der Waals surface area contributed by atoms with Gasteiger partial charge in [-0.1, -0.05) is 6.92 Å². The van der Waals surface area contributed by atoms with E-state index in [1.54, 1.807) is 21.0 Å². The van der Waals surface area contributed by atoms with E-state index in [1.165, 1.54) is 12.0 Å². The summed E-state index contributed by atoms with van der Waals surface area (Å²) < 4.78 is 30.4. The lowest BCUT2D eigenvalue weighted by Crippen LogP contribution is -2.43. The van der Waals surface area contributed by atoms with Crippen molar-refractivity contribution in [2.24, 2.45) is 5.92 Å². The van der Waals surface area contributed by atoms with Gasteiger partial charge < -0.3 is 9.64 Å². The van der Waals surface area contributed by atoms with Crippen LogP contribution in [0.3, 0.4) is 0 Å². The Kier molecular flexibility index (Phi) is 8.56. The number of hydrogen-bond donors (Lipinski definition) is 0. The van der Waals surface area contributed by atoms with Crippen LogP contribution >= 0.6 is 11.6 Å². The molecule has 6 nitrogen and oxygen atoms in total. The molecule has 0 rings (SSSR count). The van der Waals surface area contributed by atoms with Gasteiger partial charge in [0.05, 0.1) is 18.9 Å². The Labute approximate surface area is 120 Å². The molecule has 8 heteroatoms. The van der Waals surface area contributed by atoms with Crippen molar-refractivity contribution in [3.63, 3.8) is 0 Å². The first-order valence-corrected chi connectivity index (χ1v) is 8.11. The molecule has 0 aliphatic rings. The standard InChI is InChI=1S/C11H23ClN2O4S/c1-10(7-12)9-19(16,17)14(5-6-18-4)8-11(15)13(2)3/h10H,5-9H2,1-4H3. The number of methoxy groups -OCH3 is 1. The molecule has 1 atom stereocenters. The fourth-order valence-electron chi connectivity index (χ4n) is 1.31. The van der Waals surface area contributed by atoms with E-state index in [0.29, 0.717) is 0 Å². The summed E-state index contributed by atoms with van der Waals surface area (Å²) in [5.41, 5.74) is 0. The molecule has 0 spiro atoms. The van der Waals surface area contributed by atoms with Crippen LogP contribution in [0, 0.1) is 5.92 Å². The van der Waals surface area contributed by atoms with Crippen molar-refractivity contribution < 1.29 is 17.9 Å². The molecule has 0 aromatic rings. The van der Waals surface area contributed by atoms with Crippen LogP contribution < -0.4 is 0 Å². The molecular weight excluding hydrogens is 292 g/mol. The number of rotatable bonds is 9. The monoisotopic (exact) mass is 314 g/mol. The minimum absolute atomic E-state index is 0.0685. The normalized spacial score (nSPS) is 13.6. The lowest BCUT2D eigenvalue weighted by Gasteiger charge is -2.24. The number of nitrogens with zero attached hydrogens (tertiary/aromatic N) is 2. The van der Waals surface area contributed by atoms with Crippen LogP contribution in [0.1, 0.15) is 6.92 Å². The molecule has 0 aromatic carbocycles. The number of halogens is 1. The molecule has 19 heavy (non-hydrogen) atoms. The van der Waals surface area contributed by atoms with Crippen molar-refractivity contribution in [2.45, 2.75) is 6.92 Å². The number of amides is 1. The highest BCUT2D eigenvalue weighted by Gasteiger charge is 2.26. The van der Waals surface area contributed by atoms with Gasteiger partial charge in [0.2, 0.25) is 15.9 Å². The molecule has 0 bridgehead atoms. The smallest absolute Gasteiger partial charge is 0.237 e. The van der Waals surface area contributed by atoms with Gasteiger partial charge in [0.1, 0.15) is 0 Å². The Balaban J connectivity index is 4.86. The van der Waals surface area contributed by atoms with Gasteiger partial charge in [-0.3, -0.25) is 4.79 Å². The van der Waals surface area contributed by atoms with Crippen molar-refractivity contribution in [1.29, 1.82) is 0 Å². The van der Waals surface area contributed by atoms with Crippen molar-refractivity contribution in [2.75, 3.05) is 52.5 Å². The van der Waals surface area contributed by atoms with E-state index in [1.807, 2.05) is 0 Å². The van der Waals surface area contributed by atoms with Crippen LogP contribution in [0.15, 0.2) is 0 Å². The van der Waals surface area contributed by atoms with Crippen LogP contribution in [0.5, 0.6) is 0 Å². The first-order valence-electron chi connectivity index (χ1n) is 5.97. The Morgan fingerprint density at radius 1 is 1.37 bits per heavy atom. The molecule has 1 amide bonds. The molecule has 0 N–H and O–H groups in total. The van der Waals surface area contributed by atoms with E-state index in [9.17, 15) is 13.2 Å². The number of carbonyl (C=O) groups is 1. The molecule has 0 aliphatic heterocycles. The second-order valence-electron chi connectivity index (χ2n) is 4.65. The lowest BCUT2D eigenvalue weighted by atomic mass is 10.3. The molecule has 0 saturated heterocycles. The fourth-order valence-corrected chi connectivity index (χ4v) is 3.26. The first-order chi connectivity index (χ1) is 8.74. The lowest BCUT2D eigenvalue weighted by molar-refractivity contribution is -0.128. The van der Waals surface area contributed by atoms with Gasteiger partial charge in [0.25, 0.3) is 0 Å². The van der Waals surface area contributed by atoms with Crippen molar-refractivity contribution in [1.82, 2.24) is 9.21 Å².